The van der Waals surface area contributed by atoms with Crippen molar-refractivity contribution in [1.29, 1.82) is 0 Å². The summed E-state index contributed by atoms with van der Waals surface area (Å²) in [6.45, 7) is 1.36. The summed E-state index contributed by atoms with van der Waals surface area (Å²) in [6.07, 6.45) is 9.65. The number of amides is 3. The molecule has 0 saturated carbocycles. The summed E-state index contributed by atoms with van der Waals surface area (Å²) in [5.74, 6) is -1.23. The molecule has 0 bridgehead atoms. The minimum Gasteiger partial charge on any atom is -0.366 e. The third-order valence-corrected chi connectivity index (χ3v) is 14.6. The van der Waals surface area contributed by atoms with Gasteiger partial charge in [0.05, 0.1) is 25.5 Å². The Morgan fingerprint density at radius 1 is 0.524 bits per heavy atom. The highest BCUT2D eigenvalue weighted by atomic mass is 16.2. The minimum absolute atomic E-state index is 0.0442. The van der Waals surface area contributed by atoms with Crippen LogP contribution >= 0.6 is 0 Å². The van der Waals surface area contributed by atoms with Crippen LogP contribution in [0.4, 0.5) is 5.69 Å². The van der Waals surface area contributed by atoms with Crippen LogP contribution < -0.4 is 33.0 Å². The average Bonchev–Trinajstić information content (AvgIpc) is 2.36. The molecule has 6 aromatic carbocycles. The second-order valence-electron chi connectivity index (χ2n) is 20.5. The number of H-pyrrole nitrogens is 3. The molecular weight excluding hydrogens is 1060 g/mol. The Hall–Kier alpha value is -11.1. The second-order valence-corrected chi connectivity index (χ2v) is 20.5. The molecule has 0 radical (unpaired) electrons. The van der Waals surface area contributed by atoms with Crippen molar-refractivity contribution in [3.8, 4) is 50.4 Å². The zero-order valence-electron chi connectivity index (χ0n) is 45.5. The van der Waals surface area contributed by atoms with Gasteiger partial charge in [0.1, 0.15) is 33.1 Å². The predicted octanol–water partition coefficient (Wildman–Crippen LogP) is 7.80. The van der Waals surface area contributed by atoms with Crippen molar-refractivity contribution in [3.05, 3.63) is 243 Å². The number of aromatic nitrogens is 9. The maximum Gasteiger partial charge on any atom is 0.275 e. The van der Waals surface area contributed by atoms with Gasteiger partial charge in [-0.3, -0.25) is 33.7 Å². The maximum atomic E-state index is 14.0. The van der Waals surface area contributed by atoms with Crippen molar-refractivity contribution in [2.45, 2.75) is 13.1 Å². The zero-order valence-corrected chi connectivity index (χ0v) is 45.5. The highest BCUT2D eigenvalue weighted by molar-refractivity contribution is 6.01. The van der Waals surface area contributed by atoms with E-state index in [1.54, 1.807) is 46.5 Å². The first-order valence-corrected chi connectivity index (χ1v) is 26.9. The molecule has 0 unspecified atom stereocenters. The average molecular weight is 1120 g/mol. The Labute approximate surface area is 478 Å². The molecular formula is C64H54N14O6. The van der Waals surface area contributed by atoms with Gasteiger partial charge in [0, 0.05) is 95.3 Å². The van der Waals surface area contributed by atoms with E-state index >= 15 is 0 Å². The highest BCUT2D eigenvalue weighted by Crippen LogP contribution is 2.36. The van der Waals surface area contributed by atoms with Crippen LogP contribution in [0.1, 0.15) is 31.8 Å². The molecule has 0 atom stereocenters. The van der Waals surface area contributed by atoms with Gasteiger partial charge in [0.25, 0.3) is 22.6 Å². The molecule has 0 aliphatic rings. The molecule has 3 amide bonds. The number of aromatic amines is 3. The van der Waals surface area contributed by atoms with E-state index in [1.165, 1.54) is 19.0 Å². The van der Waals surface area contributed by atoms with Gasteiger partial charge >= 0.3 is 0 Å². The lowest BCUT2D eigenvalue weighted by Gasteiger charge is -2.21. The Balaban J connectivity index is 0.780. The van der Waals surface area contributed by atoms with E-state index in [-0.39, 0.29) is 47.1 Å². The Morgan fingerprint density at radius 2 is 1.04 bits per heavy atom. The lowest BCUT2D eigenvalue weighted by molar-refractivity contribution is -0.117. The second kappa shape index (κ2) is 22.8. The number of nitrogens with one attached hydrogen (secondary N) is 5. The molecule has 6 aromatic heterocycles. The molecule has 0 aliphatic heterocycles. The van der Waals surface area contributed by atoms with Crippen LogP contribution in [-0.4, -0.2) is 105 Å². The first kappa shape index (κ1) is 53.5. The van der Waals surface area contributed by atoms with Crippen molar-refractivity contribution in [2.75, 3.05) is 39.0 Å². The smallest absolute Gasteiger partial charge is 0.275 e. The summed E-state index contributed by atoms with van der Waals surface area (Å²) in [6, 6.07) is 46.5. The fourth-order valence-corrected chi connectivity index (χ4v) is 10.8. The van der Waals surface area contributed by atoms with Crippen molar-refractivity contribution in [3.63, 3.8) is 0 Å². The van der Waals surface area contributed by atoms with Crippen molar-refractivity contribution in [1.82, 2.24) is 58.7 Å². The molecule has 12 aromatic rings. The number of benzene rings is 6. The van der Waals surface area contributed by atoms with Crippen LogP contribution in [0.25, 0.3) is 83.5 Å². The summed E-state index contributed by atoms with van der Waals surface area (Å²) in [5, 5.41) is 6.15. The molecule has 20 nitrogen and oxygen atoms in total. The number of rotatable bonds is 18. The molecule has 84 heavy (non-hydrogen) atoms. The number of hydrogen-bond acceptors (Lipinski definition) is 11. The number of carbonyl (C=O) groups excluding carboxylic acids is 3. The van der Waals surface area contributed by atoms with Crippen LogP contribution in [0, 0.1) is 0 Å². The van der Waals surface area contributed by atoms with Crippen molar-refractivity contribution >= 4 is 56.5 Å². The number of likely N-dealkylation sites (N-methyl/N-ethyl adjacent to an activating group) is 2. The summed E-state index contributed by atoms with van der Waals surface area (Å²) < 4.78 is 5.38. The van der Waals surface area contributed by atoms with E-state index in [4.69, 9.17) is 5.73 Å². The van der Waals surface area contributed by atoms with Gasteiger partial charge < -0.3 is 49.9 Å². The number of primary amides is 1. The van der Waals surface area contributed by atoms with Crippen LogP contribution in [-0.2, 0) is 17.9 Å². The Bertz CT molecular complexity index is 4680. The Kier molecular flexibility index (Phi) is 14.5. The van der Waals surface area contributed by atoms with Crippen LogP contribution in [0.5, 0.6) is 0 Å². The van der Waals surface area contributed by atoms with Crippen LogP contribution in [0.15, 0.2) is 204 Å². The third kappa shape index (κ3) is 10.7. The normalized spacial score (nSPS) is 11.5. The number of carbonyl (C=O) groups is 3. The lowest BCUT2D eigenvalue weighted by Crippen LogP contribution is -2.32. The number of nitrogens with zero attached hydrogens (tertiary/aromatic N) is 8. The van der Waals surface area contributed by atoms with Crippen molar-refractivity contribution < 1.29 is 14.4 Å². The van der Waals surface area contributed by atoms with Gasteiger partial charge in [-0.25, -0.2) is 15.0 Å². The maximum absolute atomic E-state index is 14.0. The molecule has 0 spiro atoms. The van der Waals surface area contributed by atoms with E-state index in [0.717, 1.165) is 33.8 Å². The van der Waals surface area contributed by atoms with Crippen molar-refractivity contribution in [2.24, 2.45) is 5.73 Å². The van der Waals surface area contributed by atoms with Gasteiger partial charge in [0.15, 0.2) is 0 Å². The fourth-order valence-electron chi connectivity index (χ4n) is 10.8. The number of nitrogens with two attached hydrogens (primary N) is 1. The number of para-hydroxylation sites is 3. The monoisotopic (exact) mass is 1110 g/mol. The van der Waals surface area contributed by atoms with Crippen LogP contribution in [0.3, 0.4) is 0 Å². The van der Waals surface area contributed by atoms with Gasteiger partial charge in [-0.1, -0.05) is 72.8 Å². The summed E-state index contributed by atoms with van der Waals surface area (Å²) in [7, 11) is 3.73. The van der Waals surface area contributed by atoms with E-state index in [1.807, 2.05) is 156 Å². The highest BCUT2D eigenvalue weighted by Gasteiger charge is 2.23. The van der Waals surface area contributed by atoms with E-state index in [2.05, 4.69) is 45.4 Å². The summed E-state index contributed by atoms with van der Waals surface area (Å²) in [5.41, 5.74) is 16.5. The molecule has 416 valence electrons. The van der Waals surface area contributed by atoms with Gasteiger partial charge in [-0.2, -0.15) is 0 Å². The first-order chi connectivity index (χ1) is 40.8. The largest absolute Gasteiger partial charge is 0.366 e. The molecule has 0 fully saturated rings. The van der Waals surface area contributed by atoms with E-state index < -0.39 is 5.91 Å². The number of fused-ring (bicyclic) bond motifs is 3. The SMILES string of the molecule is CN(CC(=O)Nc1ccc(CN(C)CCNC(=O)c2cccc(-c3cn(-c4ccccc4)c4c(=O)[nH]cnc34)c2)c(-c2cn(-c3ccccc3)c3c(=O)[nH]cnc23)c1)Cc1cc(C(N)=O)cc(-c2cn(-c3ccccc3)c3c(=O)[nH]cnc23)c1. The predicted molar refractivity (Wildman–Crippen MR) is 324 cm³/mol. The van der Waals surface area contributed by atoms with Gasteiger partial charge in [0.2, 0.25) is 11.8 Å². The molecule has 6 heterocycles. The van der Waals surface area contributed by atoms with Gasteiger partial charge in [-0.15, -0.1) is 0 Å². The molecule has 20 heteroatoms. The summed E-state index contributed by atoms with van der Waals surface area (Å²) in [4.78, 5) is 106. The summed E-state index contributed by atoms with van der Waals surface area (Å²) >= 11 is 0. The standard InChI is InChI=1S/C64H54N14O6/c1-74(24-23-66-61(81)41-14-12-13-40(27-41)50-32-76(46-15-6-3-7-16-46)57-54(50)67-36-70-62(57)82)31-42-21-22-45(29-49(42)52-34-78(48-19-10-5-11-20-48)59-56(52)69-38-72-64(59)84)73-53(79)35-75(2)30-39-25-43(28-44(26-39)60(65)80)51-33-77(47-17-8-4-9-18-47)58-55(51)68-37-71-63(58)83/h3-22,25-29,32-34,36-38H,23-24,30-31,35H2,1-2H3,(H2,65,80)(H,66,81)(H,73,79)(H,67,70,82)(H,68,71,83)(H,69,72,84). The quantitative estimate of drug-likeness (QED) is 0.0483. The van der Waals surface area contributed by atoms with Gasteiger partial charge in [-0.05, 0) is 121 Å². The zero-order chi connectivity index (χ0) is 58.0. The first-order valence-electron chi connectivity index (χ1n) is 26.9. The van der Waals surface area contributed by atoms with Crippen LogP contribution in [0.2, 0.25) is 0 Å². The topological polar surface area (TPSA) is 260 Å². The third-order valence-electron chi connectivity index (χ3n) is 14.6. The Morgan fingerprint density at radius 3 is 1.58 bits per heavy atom. The fraction of sp³-hybridized carbons (Fsp3) is 0.109. The number of hydrogen-bond donors (Lipinski definition) is 6. The van der Waals surface area contributed by atoms with E-state index in [0.29, 0.717) is 91.8 Å². The minimum atomic E-state index is -0.640. The molecule has 7 N–H and O–H groups in total. The molecule has 0 saturated heterocycles. The van der Waals surface area contributed by atoms with E-state index in [9.17, 15) is 28.8 Å². The molecule has 0 aliphatic carbocycles. The molecule has 12 rings (SSSR count). The lowest BCUT2D eigenvalue weighted by atomic mass is 9.99. The number of anilines is 1.